The first-order valence-corrected chi connectivity index (χ1v) is 9.86. The molecule has 0 aliphatic rings. The average molecular weight is 421 g/mol. The Kier molecular flexibility index (Phi) is 6.78. The number of carbonyl (C=O) groups excluding carboxylic acids is 1. The highest BCUT2D eigenvalue weighted by Crippen LogP contribution is 2.29. The summed E-state index contributed by atoms with van der Waals surface area (Å²) in [4.78, 5) is 12.7. The molecule has 0 aliphatic carbocycles. The number of amides is 1. The molecule has 0 atom stereocenters. The van der Waals surface area contributed by atoms with Gasteiger partial charge < -0.3 is 15.0 Å². The molecule has 0 saturated heterocycles. The van der Waals surface area contributed by atoms with Crippen LogP contribution in [0.1, 0.15) is 35.3 Å². The van der Waals surface area contributed by atoms with E-state index in [-0.39, 0.29) is 12.5 Å². The van der Waals surface area contributed by atoms with E-state index in [1.165, 1.54) is 0 Å². The molecule has 3 aromatic rings. The highest BCUT2D eigenvalue weighted by atomic mass is 35.5. The Hall–Kier alpha value is -2.28. The molecule has 0 aliphatic heterocycles. The third-order valence-corrected chi connectivity index (χ3v) is 4.95. The van der Waals surface area contributed by atoms with Crippen LogP contribution in [-0.4, -0.2) is 38.5 Å². The van der Waals surface area contributed by atoms with Crippen LogP contribution in [-0.2, 0) is 0 Å². The van der Waals surface area contributed by atoms with Gasteiger partial charge in [0.25, 0.3) is 5.91 Å². The smallest absolute Gasteiger partial charge is 0.272 e. The van der Waals surface area contributed by atoms with Gasteiger partial charge in [0.1, 0.15) is 5.82 Å². The van der Waals surface area contributed by atoms with Crippen molar-refractivity contribution in [2.75, 3.05) is 13.2 Å². The summed E-state index contributed by atoms with van der Waals surface area (Å²) in [5.74, 6) is 0.499. The Labute approximate surface area is 173 Å². The minimum Gasteiger partial charge on any atom is -0.396 e. The molecule has 0 radical (unpaired) electrons. The third kappa shape index (κ3) is 4.41. The van der Waals surface area contributed by atoms with Crippen molar-refractivity contribution in [2.24, 2.45) is 0 Å². The number of benzene rings is 1. The van der Waals surface area contributed by atoms with Crippen LogP contribution < -0.4 is 5.32 Å². The minimum atomic E-state index is -0.237. The standard InChI is InChI=1S/C20H22Cl2N4O2/c1-14-18(19(28)23-9-3-2-6-12-27)24-26(20(14)25-10-4-5-11-25)17-8-7-15(21)13-16(17)22/h4-5,7-8,10-11,13,27H,2-3,6,9,12H2,1H3,(H,23,28). The van der Waals surface area contributed by atoms with E-state index in [0.29, 0.717) is 28.0 Å². The van der Waals surface area contributed by atoms with Crippen LogP contribution in [0.3, 0.4) is 0 Å². The van der Waals surface area contributed by atoms with Crippen LogP contribution in [0.15, 0.2) is 42.7 Å². The molecule has 8 heteroatoms. The predicted molar refractivity (Wildman–Crippen MR) is 111 cm³/mol. The van der Waals surface area contributed by atoms with Gasteiger partial charge in [-0.25, -0.2) is 4.68 Å². The zero-order valence-electron chi connectivity index (χ0n) is 15.5. The second-order valence-electron chi connectivity index (χ2n) is 6.44. The lowest BCUT2D eigenvalue weighted by molar-refractivity contribution is 0.0947. The van der Waals surface area contributed by atoms with Crippen molar-refractivity contribution in [3.8, 4) is 11.5 Å². The first kappa shape index (κ1) is 20.5. The summed E-state index contributed by atoms with van der Waals surface area (Å²) in [6.45, 7) is 2.56. The lowest BCUT2D eigenvalue weighted by Crippen LogP contribution is -2.25. The van der Waals surface area contributed by atoms with Crippen molar-refractivity contribution in [3.05, 3.63) is 64.0 Å². The normalized spacial score (nSPS) is 11.0. The fourth-order valence-corrected chi connectivity index (χ4v) is 3.49. The van der Waals surface area contributed by atoms with Crippen molar-refractivity contribution in [1.82, 2.24) is 19.7 Å². The number of halogens is 2. The average Bonchev–Trinajstić information content (AvgIpc) is 3.29. The SMILES string of the molecule is Cc1c(C(=O)NCCCCCO)nn(-c2ccc(Cl)cc2Cl)c1-n1cccc1. The first-order chi connectivity index (χ1) is 13.5. The minimum absolute atomic E-state index is 0.166. The van der Waals surface area contributed by atoms with E-state index < -0.39 is 0 Å². The Bertz CT molecular complexity index is 952. The largest absolute Gasteiger partial charge is 0.396 e. The van der Waals surface area contributed by atoms with Crippen molar-refractivity contribution in [3.63, 3.8) is 0 Å². The number of aliphatic hydroxyl groups excluding tert-OH is 1. The Morgan fingerprint density at radius 1 is 1.18 bits per heavy atom. The van der Waals surface area contributed by atoms with E-state index in [2.05, 4.69) is 10.4 Å². The van der Waals surface area contributed by atoms with Gasteiger partial charge in [-0.3, -0.25) is 4.79 Å². The number of nitrogens with zero attached hydrogens (tertiary/aromatic N) is 3. The number of aromatic nitrogens is 3. The molecule has 148 valence electrons. The molecule has 2 N–H and O–H groups in total. The predicted octanol–water partition coefficient (Wildman–Crippen LogP) is 4.17. The van der Waals surface area contributed by atoms with Gasteiger partial charge in [-0.15, -0.1) is 0 Å². The van der Waals surface area contributed by atoms with Crippen LogP contribution >= 0.6 is 23.2 Å². The van der Waals surface area contributed by atoms with E-state index in [1.807, 2.05) is 36.0 Å². The highest BCUT2D eigenvalue weighted by Gasteiger charge is 2.22. The fourth-order valence-electron chi connectivity index (χ4n) is 3.00. The molecule has 1 amide bonds. The van der Waals surface area contributed by atoms with Crippen molar-refractivity contribution in [1.29, 1.82) is 0 Å². The lowest BCUT2D eigenvalue weighted by Gasteiger charge is -2.11. The lowest BCUT2D eigenvalue weighted by atomic mass is 10.2. The summed E-state index contributed by atoms with van der Waals surface area (Å²) in [6.07, 6.45) is 6.18. The molecule has 2 aromatic heterocycles. The molecule has 2 heterocycles. The molecular weight excluding hydrogens is 399 g/mol. The van der Waals surface area contributed by atoms with Gasteiger partial charge in [-0.05, 0) is 56.5 Å². The van der Waals surface area contributed by atoms with Crippen LogP contribution in [0.4, 0.5) is 0 Å². The maximum atomic E-state index is 12.7. The van der Waals surface area contributed by atoms with Gasteiger partial charge in [-0.1, -0.05) is 23.2 Å². The van der Waals surface area contributed by atoms with Crippen molar-refractivity contribution >= 4 is 29.1 Å². The van der Waals surface area contributed by atoms with Gasteiger partial charge >= 0.3 is 0 Å². The van der Waals surface area contributed by atoms with Crippen LogP contribution in [0.2, 0.25) is 10.0 Å². The highest BCUT2D eigenvalue weighted by molar-refractivity contribution is 6.35. The topological polar surface area (TPSA) is 72.1 Å². The van der Waals surface area contributed by atoms with Gasteiger partial charge in [0.2, 0.25) is 0 Å². The van der Waals surface area contributed by atoms with E-state index in [9.17, 15) is 4.79 Å². The molecular formula is C20H22Cl2N4O2. The second kappa shape index (κ2) is 9.28. The number of carbonyl (C=O) groups is 1. The summed E-state index contributed by atoms with van der Waals surface area (Å²) in [5, 5.41) is 17.3. The third-order valence-electron chi connectivity index (χ3n) is 4.41. The fraction of sp³-hybridized carbons (Fsp3) is 0.300. The van der Waals surface area contributed by atoms with Gasteiger partial charge in [0.15, 0.2) is 5.69 Å². The number of nitrogens with one attached hydrogen (secondary N) is 1. The quantitative estimate of drug-likeness (QED) is 0.537. The van der Waals surface area contributed by atoms with E-state index in [4.69, 9.17) is 28.3 Å². The number of hydrogen-bond donors (Lipinski definition) is 2. The van der Waals surface area contributed by atoms with Crippen LogP contribution in [0.25, 0.3) is 11.5 Å². The van der Waals surface area contributed by atoms with Gasteiger partial charge in [0.05, 0.1) is 10.7 Å². The molecule has 0 spiro atoms. The van der Waals surface area contributed by atoms with E-state index >= 15 is 0 Å². The number of hydrogen-bond acceptors (Lipinski definition) is 3. The number of aliphatic hydroxyl groups is 1. The van der Waals surface area contributed by atoms with Crippen molar-refractivity contribution < 1.29 is 9.90 Å². The first-order valence-electron chi connectivity index (χ1n) is 9.10. The second-order valence-corrected chi connectivity index (χ2v) is 7.28. The Morgan fingerprint density at radius 3 is 2.61 bits per heavy atom. The zero-order valence-corrected chi connectivity index (χ0v) is 17.0. The van der Waals surface area contributed by atoms with Crippen LogP contribution in [0.5, 0.6) is 0 Å². The maximum absolute atomic E-state index is 12.7. The number of rotatable bonds is 8. The molecule has 1 aromatic carbocycles. The van der Waals surface area contributed by atoms with E-state index in [0.717, 1.165) is 30.6 Å². The van der Waals surface area contributed by atoms with Gasteiger partial charge in [0, 0.05) is 36.1 Å². The molecule has 0 fully saturated rings. The summed E-state index contributed by atoms with van der Waals surface area (Å²) >= 11 is 12.4. The molecule has 0 saturated carbocycles. The van der Waals surface area contributed by atoms with E-state index in [1.54, 1.807) is 22.9 Å². The van der Waals surface area contributed by atoms with Crippen LogP contribution in [0, 0.1) is 6.92 Å². The Balaban J connectivity index is 1.96. The van der Waals surface area contributed by atoms with Gasteiger partial charge in [-0.2, -0.15) is 5.10 Å². The zero-order chi connectivity index (χ0) is 20.1. The summed E-state index contributed by atoms with van der Waals surface area (Å²) < 4.78 is 3.56. The molecule has 0 bridgehead atoms. The maximum Gasteiger partial charge on any atom is 0.272 e. The summed E-state index contributed by atoms with van der Waals surface area (Å²) in [5.41, 5.74) is 1.73. The molecule has 28 heavy (non-hydrogen) atoms. The van der Waals surface area contributed by atoms with Crippen molar-refractivity contribution in [2.45, 2.75) is 26.2 Å². The summed E-state index contributed by atoms with van der Waals surface area (Å²) in [7, 11) is 0. The monoisotopic (exact) mass is 420 g/mol. The summed E-state index contributed by atoms with van der Waals surface area (Å²) in [6, 6.07) is 8.97. The number of unbranched alkanes of at least 4 members (excludes halogenated alkanes) is 2. The molecule has 6 nitrogen and oxygen atoms in total. The Morgan fingerprint density at radius 2 is 1.93 bits per heavy atom. The molecule has 0 unspecified atom stereocenters. The molecule has 3 rings (SSSR count).